The largest absolute Gasteiger partial charge is 0.574 e. The molecule has 1 aromatic rings. The number of nitrogens with zero attached hydrogens (tertiary/aromatic N) is 1. The highest BCUT2D eigenvalue weighted by molar-refractivity contribution is 5.86. The summed E-state index contributed by atoms with van der Waals surface area (Å²) in [5.74, 6) is -3.16. The van der Waals surface area contributed by atoms with Gasteiger partial charge in [0.2, 0.25) is 5.88 Å². The molecular weight excluding hydrogens is 262 g/mol. The summed E-state index contributed by atoms with van der Waals surface area (Å²) in [5.41, 5.74) is -1.36. The summed E-state index contributed by atoms with van der Waals surface area (Å²) >= 11 is 0. The number of carboxylic acids is 1. The molecule has 0 amide bonds. The molecule has 0 fully saturated rings. The molecule has 0 saturated carbocycles. The molecule has 18 heavy (non-hydrogen) atoms. The summed E-state index contributed by atoms with van der Waals surface area (Å²) in [6, 6.07) is 0.806. The van der Waals surface area contributed by atoms with Crippen LogP contribution in [-0.2, 0) is 6.67 Å². The Balaban J connectivity index is 3.35. The van der Waals surface area contributed by atoms with Crippen LogP contribution in [0.25, 0.3) is 0 Å². The van der Waals surface area contributed by atoms with E-state index in [-0.39, 0.29) is 5.75 Å². The number of pyridine rings is 1. The molecule has 1 N–H and O–H groups in total. The summed E-state index contributed by atoms with van der Waals surface area (Å²) < 4.78 is 56.8. The molecule has 0 atom stereocenters. The normalized spacial score (nSPS) is 11.2. The molecule has 5 nitrogen and oxygen atoms in total. The van der Waals surface area contributed by atoms with Crippen LogP contribution in [-0.4, -0.2) is 29.5 Å². The number of aromatic nitrogens is 1. The highest BCUT2D eigenvalue weighted by Crippen LogP contribution is 2.32. The number of rotatable bonds is 4. The smallest absolute Gasteiger partial charge is 0.496 e. The Morgan fingerprint density at radius 3 is 2.50 bits per heavy atom. The first kappa shape index (κ1) is 14.0. The van der Waals surface area contributed by atoms with Gasteiger partial charge in [-0.25, -0.2) is 14.2 Å². The first-order valence-electron chi connectivity index (χ1n) is 4.41. The number of hydrogen-bond acceptors (Lipinski definition) is 4. The highest BCUT2D eigenvalue weighted by Gasteiger charge is 2.34. The molecule has 1 rings (SSSR count). The SMILES string of the molecule is COc1cc(C(=O)O)nc(OC(F)(F)F)c1CF. The zero-order valence-corrected chi connectivity index (χ0v) is 8.92. The monoisotopic (exact) mass is 269 g/mol. The number of hydrogen-bond donors (Lipinski definition) is 1. The Morgan fingerprint density at radius 2 is 2.11 bits per heavy atom. The van der Waals surface area contributed by atoms with E-state index in [1.54, 1.807) is 0 Å². The molecule has 9 heteroatoms. The van der Waals surface area contributed by atoms with E-state index in [1.165, 1.54) is 0 Å². The number of carbonyl (C=O) groups is 1. The van der Waals surface area contributed by atoms with Gasteiger partial charge in [-0.1, -0.05) is 0 Å². The van der Waals surface area contributed by atoms with Crippen molar-refractivity contribution in [3.63, 3.8) is 0 Å². The van der Waals surface area contributed by atoms with Crippen molar-refractivity contribution in [3.8, 4) is 11.6 Å². The average Bonchev–Trinajstić information content (AvgIpc) is 2.25. The molecular formula is C9H7F4NO4. The Labute approximate surface area is 98.0 Å². The molecule has 1 aromatic heterocycles. The number of ether oxygens (including phenoxy) is 2. The zero-order chi connectivity index (χ0) is 13.9. The van der Waals surface area contributed by atoms with Crippen LogP contribution in [0.2, 0.25) is 0 Å². The first-order valence-corrected chi connectivity index (χ1v) is 4.41. The summed E-state index contributed by atoms with van der Waals surface area (Å²) in [6.07, 6.45) is -5.11. The maximum Gasteiger partial charge on any atom is 0.574 e. The lowest BCUT2D eigenvalue weighted by Gasteiger charge is -2.13. The van der Waals surface area contributed by atoms with Crippen LogP contribution >= 0.6 is 0 Å². The first-order chi connectivity index (χ1) is 8.28. The van der Waals surface area contributed by atoms with Crippen LogP contribution in [0.1, 0.15) is 16.1 Å². The average molecular weight is 269 g/mol. The molecule has 0 aromatic carbocycles. The predicted molar refractivity (Wildman–Crippen MR) is 49.2 cm³/mol. The fourth-order valence-corrected chi connectivity index (χ4v) is 1.13. The van der Waals surface area contributed by atoms with Gasteiger partial charge in [-0.15, -0.1) is 13.2 Å². The van der Waals surface area contributed by atoms with Crippen molar-refractivity contribution >= 4 is 5.97 Å². The second kappa shape index (κ2) is 5.07. The van der Waals surface area contributed by atoms with Gasteiger partial charge >= 0.3 is 12.3 Å². The minimum Gasteiger partial charge on any atom is -0.496 e. The molecule has 0 saturated heterocycles. The second-order valence-corrected chi connectivity index (χ2v) is 2.98. The van der Waals surface area contributed by atoms with Crippen LogP contribution in [0.15, 0.2) is 6.07 Å². The van der Waals surface area contributed by atoms with Crippen LogP contribution in [0.3, 0.4) is 0 Å². The third-order valence-corrected chi connectivity index (χ3v) is 1.83. The van der Waals surface area contributed by atoms with Crippen LogP contribution in [0.4, 0.5) is 17.6 Å². The van der Waals surface area contributed by atoms with Crippen molar-refractivity contribution in [1.29, 1.82) is 0 Å². The third-order valence-electron chi connectivity index (χ3n) is 1.83. The lowest BCUT2D eigenvalue weighted by atomic mass is 10.2. The van der Waals surface area contributed by atoms with E-state index in [9.17, 15) is 22.4 Å². The quantitative estimate of drug-likeness (QED) is 0.848. The van der Waals surface area contributed by atoms with E-state index in [0.29, 0.717) is 0 Å². The molecule has 1 heterocycles. The van der Waals surface area contributed by atoms with Crippen molar-refractivity contribution in [2.45, 2.75) is 13.0 Å². The summed E-state index contributed by atoms with van der Waals surface area (Å²) in [4.78, 5) is 13.7. The number of aromatic carboxylic acids is 1. The second-order valence-electron chi connectivity index (χ2n) is 2.98. The minimum atomic E-state index is -5.11. The van der Waals surface area contributed by atoms with Crippen LogP contribution in [0.5, 0.6) is 11.6 Å². The van der Waals surface area contributed by atoms with Gasteiger partial charge in [0.1, 0.15) is 12.4 Å². The zero-order valence-electron chi connectivity index (χ0n) is 8.92. The molecule has 0 radical (unpaired) electrons. The molecule has 100 valence electrons. The molecule has 0 unspecified atom stereocenters. The van der Waals surface area contributed by atoms with Crippen molar-refractivity contribution in [2.75, 3.05) is 7.11 Å². The van der Waals surface area contributed by atoms with Gasteiger partial charge in [-0.3, -0.25) is 0 Å². The Kier molecular flexibility index (Phi) is 3.94. The van der Waals surface area contributed by atoms with Gasteiger partial charge in [0.25, 0.3) is 0 Å². The lowest BCUT2D eigenvalue weighted by Crippen LogP contribution is -2.20. The Hall–Kier alpha value is -2.06. The minimum absolute atomic E-state index is 0.385. The summed E-state index contributed by atoms with van der Waals surface area (Å²) in [7, 11) is 1.05. The number of carboxylic acid groups (broad SMARTS) is 1. The maximum atomic E-state index is 12.6. The fraction of sp³-hybridized carbons (Fsp3) is 0.333. The van der Waals surface area contributed by atoms with E-state index in [4.69, 9.17) is 5.11 Å². The van der Waals surface area contributed by atoms with Crippen molar-refractivity contribution in [1.82, 2.24) is 4.98 Å². The van der Waals surface area contributed by atoms with Crippen molar-refractivity contribution in [3.05, 3.63) is 17.3 Å². The standard InChI is InChI=1S/C9H7F4NO4/c1-17-6-2-5(8(15)16)14-7(4(6)3-10)18-9(11,12)13/h2H,3H2,1H3,(H,15,16). The van der Waals surface area contributed by atoms with Crippen molar-refractivity contribution < 1.29 is 36.9 Å². The van der Waals surface area contributed by atoms with Gasteiger partial charge in [0.15, 0.2) is 5.69 Å². The van der Waals surface area contributed by atoms with Crippen LogP contribution in [0, 0.1) is 0 Å². The number of alkyl halides is 4. The maximum absolute atomic E-state index is 12.6. The molecule has 0 aliphatic rings. The van der Waals surface area contributed by atoms with E-state index in [2.05, 4.69) is 14.5 Å². The summed E-state index contributed by atoms with van der Waals surface area (Å²) in [5, 5.41) is 8.64. The lowest BCUT2D eigenvalue weighted by molar-refractivity contribution is -0.276. The van der Waals surface area contributed by atoms with Gasteiger partial charge in [0.05, 0.1) is 12.7 Å². The van der Waals surface area contributed by atoms with E-state index < -0.39 is 36.1 Å². The van der Waals surface area contributed by atoms with Crippen molar-refractivity contribution in [2.24, 2.45) is 0 Å². The Bertz CT molecular complexity index is 461. The van der Waals surface area contributed by atoms with Gasteiger partial charge in [0, 0.05) is 6.07 Å². The topological polar surface area (TPSA) is 68.7 Å². The number of halogens is 4. The molecule has 0 aliphatic carbocycles. The predicted octanol–water partition coefficient (Wildman–Crippen LogP) is 2.16. The van der Waals surface area contributed by atoms with Gasteiger partial charge < -0.3 is 14.6 Å². The molecule has 0 spiro atoms. The van der Waals surface area contributed by atoms with Gasteiger partial charge in [-0.05, 0) is 0 Å². The molecule has 0 aliphatic heterocycles. The Morgan fingerprint density at radius 1 is 1.50 bits per heavy atom. The van der Waals surface area contributed by atoms with Gasteiger partial charge in [-0.2, -0.15) is 0 Å². The van der Waals surface area contributed by atoms with E-state index in [0.717, 1.165) is 13.2 Å². The highest BCUT2D eigenvalue weighted by atomic mass is 19.4. The summed E-state index contributed by atoms with van der Waals surface area (Å²) in [6.45, 7) is -1.35. The van der Waals surface area contributed by atoms with E-state index >= 15 is 0 Å². The van der Waals surface area contributed by atoms with E-state index in [1.807, 2.05) is 0 Å². The van der Waals surface area contributed by atoms with Crippen LogP contribution < -0.4 is 9.47 Å². The fourth-order valence-electron chi connectivity index (χ4n) is 1.13. The third kappa shape index (κ3) is 3.22. The number of methoxy groups -OCH3 is 1. The molecule has 0 bridgehead atoms.